The molecule has 0 saturated heterocycles. The lowest BCUT2D eigenvalue weighted by Gasteiger charge is -2.14. The van der Waals surface area contributed by atoms with Gasteiger partial charge in [0.2, 0.25) is 0 Å². The van der Waals surface area contributed by atoms with Crippen LogP contribution in [-0.2, 0) is 11.3 Å². The standard InChI is InChI=1S/C14H13N3O4/c18-14(19)13(16-9-10-5-3-4-8-15-10)11-6-1-2-7-12(11)17(20)21/h1-8,13,16H,9H2,(H,18,19). The van der Waals surface area contributed by atoms with Gasteiger partial charge in [0.15, 0.2) is 0 Å². The molecule has 0 bridgehead atoms. The van der Waals surface area contributed by atoms with E-state index in [0.717, 1.165) is 0 Å². The van der Waals surface area contributed by atoms with Gasteiger partial charge in [0.25, 0.3) is 5.69 Å². The molecule has 7 nitrogen and oxygen atoms in total. The van der Waals surface area contributed by atoms with E-state index in [9.17, 15) is 20.0 Å². The summed E-state index contributed by atoms with van der Waals surface area (Å²) in [4.78, 5) is 25.9. The van der Waals surface area contributed by atoms with Gasteiger partial charge in [0, 0.05) is 18.8 Å². The van der Waals surface area contributed by atoms with Crippen LogP contribution in [0.3, 0.4) is 0 Å². The van der Waals surface area contributed by atoms with Gasteiger partial charge >= 0.3 is 5.97 Å². The quantitative estimate of drug-likeness (QED) is 0.621. The molecule has 108 valence electrons. The Hall–Kier alpha value is -2.80. The number of aromatic nitrogens is 1. The van der Waals surface area contributed by atoms with Crippen molar-refractivity contribution < 1.29 is 14.8 Å². The number of nitro groups is 1. The lowest BCUT2D eigenvalue weighted by molar-refractivity contribution is -0.385. The van der Waals surface area contributed by atoms with Crippen LogP contribution < -0.4 is 5.32 Å². The molecule has 0 fully saturated rings. The van der Waals surface area contributed by atoms with E-state index < -0.39 is 16.9 Å². The van der Waals surface area contributed by atoms with Crippen LogP contribution in [0.1, 0.15) is 17.3 Å². The fourth-order valence-corrected chi connectivity index (χ4v) is 1.94. The fraction of sp³-hybridized carbons (Fsp3) is 0.143. The second-order valence-electron chi connectivity index (χ2n) is 4.29. The Kier molecular flexibility index (Phi) is 4.57. The number of nitro benzene ring substituents is 1. The SMILES string of the molecule is O=C(O)C(NCc1ccccn1)c1ccccc1[N+](=O)[O-]. The molecule has 0 aliphatic carbocycles. The monoisotopic (exact) mass is 287 g/mol. The first-order valence-corrected chi connectivity index (χ1v) is 6.19. The summed E-state index contributed by atoms with van der Waals surface area (Å²) in [5.74, 6) is -1.18. The molecule has 2 N–H and O–H groups in total. The maximum Gasteiger partial charge on any atom is 0.325 e. The molecule has 1 aromatic carbocycles. The van der Waals surface area contributed by atoms with E-state index in [1.807, 2.05) is 0 Å². The van der Waals surface area contributed by atoms with Crippen molar-refractivity contribution >= 4 is 11.7 Å². The fourth-order valence-electron chi connectivity index (χ4n) is 1.94. The minimum absolute atomic E-state index is 0.117. The molecular formula is C14H13N3O4. The van der Waals surface area contributed by atoms with Crippen molar-refractivity contribution in [3.05, 3.63) is 70.0 Å². The van der Waals surface area contributed by atoms with Crippen molar-refractivity contribution in [2.75, 3.05) is 0 Å². The highest BCUT2D eigenvalue weighted by molar-refractivity contribution is 5.77. The number of nitrogens with zero attached hydrogens (tertiary/aromatic N) is 2. The van der Waals surface area contributed by atoms with Crippen LogP contribution in [0, 0.1) is 10.1 Å². The van der Waals surface area contributed by atoms with Crippen molar-refractivity contribution in [1.29, 1.82) is 0 Å². The highest BCUT2D eigenvalue weighted by Crippen LogP contribution is 2.25. The van der Waals surface area contributed by atoms with Gasteiger partial charge in [-0.15, -0.1) is 0 Å². The summed E-state index contributed by atoms with van der Waals surface area (Å²) < 4.78 is 0. The number of carboxylic acid groups (broad SMARTS) is 1. The van der Waals surface area contributed by atoms with Gasteiger partial charge in [-0.1, -0.05) is 18.2 Å². The van der Waals surface area contributed by atoms with Gasteiger partial charge in [0.05, 0.1) is 16.2 Å². The van der Waals surface area contributed by atoms with Crippen LogP contribution >= 0.6 is 0 Å². The van der Waals surface area contributed by atoms with E-state index >= 15 is 0 Å². The van der Waals surface area contributed by atoms with Crippen molar-refractivity contribution in [2.24, 2.45) is 0 Å². The summed E-state index contributed by atoms with van der Waals surface area (Å²) in [6, 6.07) is 9.89. The Labute approximate surface area is 120 Å². The Bertz CT molecular complexity index is 646. The second kappa shape index (κ2) is 6.58. The molecule has 0 saturated carbocycles. The molecular weight excluding hydrogens is 274 g/mol. The number of carbonyl (C=O) groups is 1. The normalized spacial score (nSPS) is 11.8. The van der Waals surface area contributed by atoms with Gasteiger partial charge in [-0.05, 0) is 18.2 Å². The van der Waals surface area contributed by atoms with Crippen LogP contribution in [0.4, 0.5) is 5.69 Å². The Morgan fingerprint density at radius 3 is 2.62 bits per heavy atom. The highest BCUT2D eigenvalue weighted by atomic mass is 16.6. The minimum atomic E-state index is -1.18. The molecule has 1 unspecified atom stereocenters. The zero-order valence-electron chi connectivity index (χ0n) is 11.0. The molecule has 0 spiro atoms. The van der Waals surface area contributed by atoms with E-state index in [1.54, 1.807) is 30.5 Å². The third-order valence-electron chi connectivity index (χ3n) is 2.90. The van der Waals surface area contributed by atoms with Gasteiger partial charge in [-0.3, -0.25) is 25.2 Å². The first-order chi connectivity index (χ1) is 10.1. The number of rotatable bonds is 6. The van der Waals surface area contributed by atoms with Crippen LogP contribution in [0.25, 0.3) is 0 Å². The van der Waals surface area contributed by atoms with Gasteiger partial charge in [-0.2, -0.15) is 0 Å². The number of benzene rings is 1. The number of carboxylic acids is 1. The van der Waals surface area contributed by atoms with Crippen molar-refractivity contribution in [1.82, 2.24) is 10.3 Å². The Morgan fingerprint density at radius 2 is 2.00 bits per heavy atom. The summed E-state index contributed by atoms with van der Waals surface area (Å²) in [6.45, 7) is 0.198. The van der Waals surface area contributed by atoms with Gasteiger partial charge in [-0.25, -0.2) is 0 Å². The smallest absolute Gasteiger partial charge is 0.325 e. The predicted octanol–water partition coefficient (Wildman–Crippen LogP) is 1.91. The highest BCUT2D eigenvalue weighted by Gasteiger charge is 2.26. The van der Waals surface area contributed by atoms with Crippen LogP contribution in [-0.4, -0.2) is 21.0 Å². The first-order valence-electron chi connectivity index (χ1n) is 6.19. The molecule has 0 aliphatic rings. The van der Waals surface area contributed by atoms with Gasteiger partial charge < -0.3 is 5.11 Å². The Balaban J connectivity index is 2.24. The molecule has 0 amide bonds. The third-order valence-corrected chi connectivity index (χ3v) is 2.90. The molecule has 0 aliphatic heterocycles. The largest absolute Gasteiger partial charge is 0.480 e. The molecule has 21 heavy (non-hydrogen) atoms. The average Bonchev–Trinajstić information content (AvgIpc) is 2.48. The van der Waals surface area contributed by atoms with Crippen molar-refractivity contribution in [3.63, 3.8) is 0 Å². The zero-order chi connectivity index (χ0) is 15.2. The lowest BCUT2D eigenvalue weighted by Crippen LogP contribution is -2.29. The van der Waals surface area contributed by atoms with E-state index in [4.69, 9.17) is 0 Å². The molecule has 1 atom stereocenters. The molecule has 0 radical (unpaired) electrons. The van der Waals surface area contributed by atoms with E-state index in [2.05, 4.69) is 10.3 Å². The van der Waals surface area contributed by atoms with Gasteiger partial charge in [0.1, 0.15) is 6.04 Å². The predicted molar refractivity (Wildman–Crippen MR) is 74.5 cm³/mol. The van der Waals surface area contributed by atoms with Crippen molar-refractivity contribution in [3.8, 4) is 0 Å². The zero-order valence-corrected chi connectivity index (χ0v) is 11.0. The van der Waals surface area contributed by atoms with E-state index in [-0.39, 0.29) is 17.8 Å². The summed E-state index contributed by atoms with van der Waals surface area (Å²) >= 11 is 0. The van der Waals surface area contributed by atoms with E-state index in [1.165, 1.54) is 18.2 Å². The summed E-state index contributed by atoms with van der Waals surface area (Å²) in [7, 11) is 0. The maximum atomic E-state index is 11.4. The minimum Gasteiger partial charge on any atom is -0.480 e. The first kappa shape index (κ1) is 14.6. The number of pyridine rings is 1. The summed E-state index contributed by atoms with van der Waals surface area (Å²) in [5.41, 5.74) is 0.548. The topological polar surface area (TPSA) is 105 Å². The molecule has 2 rings (SSSR count). The number of aliphatic carboxylic acids is 1. The summed E-state index contributed by atoms with van der Waals surface area (Å²) in [6.07, 6.45) is 1.59. The number of para-hydroxylation sites is 1. The molecule has 7 heteroatoms. The maximum absolute atomic E-state index is 11.4. The Morgan fingerprint density at radius 1 is 1.29 bits per heavy atom. The summed E-state index contributed by atoms with van der Waals surface area (Å²) in [5, 5.41) is 23.1. The molecule has 1 aromatic heterocycles. The molecule has 2 aromatic rings. The van der Waals surface area contributed by atoms with Crippen molar-refractivity contribution in [2.45, 2.75) is 12.6 Å². The molecule has 1 heterocycles. The van der Waals surface area contributed by atoms with Crippen LogP contribution in [0.15, 0.2) is 48.7 Å². The lowest BCUT2D eigenvalue weighted by atomic mass is 10.0. The number of hydrogen-bond acceptors (Lipinski definition) is 5. The average molecular weight is 287 g/mol. The van der Waals surface area contributed by atoms with E-state index in [0.29, 0.717) is 5.69 Å². The second-order valence-corrected chi connectivity index (χ2v) is 4.29. The number of nitrogens with one attached hydrogen (secondary N) is 1. The number of hydrogen-bond donors (Lipinski definition) is 2. The van der Waals surface area contributed by atoms with Crippen LogP contribution in [0.2, 0.25) is 0 Å². The third kappa shape index (κ3) is 3.61. The van der Waals surface area contributed by atoms with Crippen LogP contribution in [0.5, 0.6) is 0 Å².